The van der Waals surface area contributed by atoms with E-state index in [-0.39, 0.29) is 11.3 Å². The molecule has 2 aromatic carbocycles. The van der Waals surface area contributed by atoms with Crippen molar-refractivity contribution in [3.8, 4) is 5.75 Å². The lowest BCUT2D eigenvalue weighted by molar-refractivity contribution is -0.143. The molecule has 0 radical (unpaired) electrons. The summed E-state index contributed by atoms with van der Waals surface area (Å²) < 4.78 is 6.34. The number of carbonyl (C=O) groups excluding carboxylic acids is 1. The van der Waals surface area contributed by atoms with Gasteiger partial charge in [0, 0.05) is 36.7 Å². The summed E-state index contributed by atoms with van der Waals surface area (Å²) in [6.07, 6.45) is 12.3. The van der Waals surface area contributed by atoms with E-state index in [2.05, 4.69) is 58.7 Å². The van der Waals surface area contributed by atoms with Crippen molar-refractivity contribution in [1.29, 1.82) is 0 Å². The van der Waals surface area contributed by atoms with Crippen LogP contribution in [0.2, 0.25) is 0 Å². The number of benzene rings is 2. The first-order chi connectivity index (χ1) is 18.2. The Labute approximate surface area is 222 Å². The number of ether oxygens (including phenoxy) is 1. The largest absolute Gasteiger partial charge is 0.493 e. The Morgan fingerprint density at radius 3 is 2.57 bits per heavy atom. The van der Waals surface area contributed by atoms with Gasteiger partial charge in [0.2, 0.25) is 5.91 Å². The second kappa shape index (κ2) is 9.76. The highest BCUT2D eigenvalue weighted by molar-refractivity contribution is 5.82. The van der Waals surface area contributed by atoms with Crippen LogP contribution in [-0.2, 0) is 10.2 Å². The number of amides is 1. The Morgan fingerprint density at radius 2 is 1.76 bits per heavy atom. The van der Waals surface area contributed by atoms with Crippen molar-refractivity contribution in [3.63, 3.8) is 0 Å². The van der Waals surface area contributed by atoms with Crippen molar-refractivity contribution in [1.82, 2.24) is 10.2 Å². The Balaban J connectivity index is 1.20. The van der Waals surface area contributed by atoms with Crippen molar-refractivity contribution in [3.05, 3.63) is 65.2 Å². The normalized spacial score (nSPS) is 32.2. The molecule has 2 aliphatic carbocycles. The second-order valence-corrected chi connectivity index (χ2v) is 12.6. The van der Waals surface area contributed by atoms with Gasteiger partial charge in [0.15, 0.2) is 0 Å². The molecule has 4 nitrogen and oxygen atoms in total. The Kier molecular flexibility index (Phi) is 6.27. The molecule has 37 heavy (non-hydrogen) atoms. The minimum Gasteiger partial charge on any atom is -0.493 e. The smallest absolute Gasteiger partial charge is 0.228 e. The van der Waals surface area contributed by atoms with Gasteiger partial charge in [-0.1, -0.05) is 67.8 Å². The average Bonchev–Trinajstić information content (AvgIpc) is 3.73. The molecule has 2 aromatic rings. The summed E-state index contributed by atoms with van der Waals surface area (Å²) in [5, 5.41) is 3.68. The van der Waals surface area contributed by atoms with Crippen LogP contribution in [0.5, 0.6) is 5.75 Å². The molecular weight excluding hydrogens is 456 g/mol. The van der Waals surface area contributed by atoms with Crippen LogP contribution in [0.1, 0.15) is 92.7 Å². The van der Waals surface area contributed by atoms with Gasteiger partial charge in [0.1, 0.15) is 5.75 Å². The fourth-order valence-corrected chi connectivity index (χ4v) is 8.39. The van der Waals surface area contributed by atoms with Crippen molar-refractivity contribution in [2.45, 2.75) is 87.5 Å². The van der Waals surface area contributed by atoms with Crippen LogP contribution in [0, 0.1) is 11.8 Å². The molecule has 7 rings (SSSR count). The first-order valence-electron chi connectivity index (χ1n) is 15.1. The monoisotopic (exact) mass is 498 g/mol. The molecule has 0 aromatic heterocycles. The molecule has 196 valence electrons. The van der Waals surface area contributed by atoms with E-state index < -0.39 is 0 Å². The van der Waals surface area contributed by atoms with Crippen molar-refractivity contribution < 1.29 is 9.53 Å². The van der Waals surface area contributed by atoms with E-state index in [0.717, 1.165) is 51.3 Å². The Hall–Kier alpha value is -2.33. The zero-order chi connectivity index (χ0) is 24.8. The molecule has 4 atom stereocenters. The number of nitrogens with one attached hydrogen (secondary N) is 1. The Bertz CT molecular complexity index is 1120. The molecule has 3 heterocycles. The van der Waals surface area contributed by atoms with Gasteiger partial charge in [0.25, 0.3) is 0 Å². The van der Waals surface area contributed by atoms with Crippen LogP contribution in [0.25, 0.3) is 0 Å². The van der Waals surface area contributed by atoms with E-state index in [0.29, 0.717) is 29.7 Å². The van der Waals surface area contributed by atoms with E-state index in [4.69, 9.17) is 4.74 Å². The molecule has 2 saturated heterocycles. The molecule has 3 aliphatic heterocycles. The number of fused-ring (bicyclic) bond motifs is 2. The molecule has 5 aliphatic rings. The molecule has 1 N–H and O–H groups in total. The number of piperidine rings is 1. The van der Waals surface area contributed by atoms with Gasteiger partial charge in [-0.25, -0.2) is 0 Å². The highest BCUT2D eigenvalue weighted by atomic mass is 16.5. The van der Waals surface area contributed by atoms with Gasteiger partial charge in [-0.05, 0) is 73.8 Å². The molecular formula is C33H42N2O2. The van der Waals surface area contributed by atoms with Crippen molar-refractivity contribution >= 4 is 5.91 Å². The van der Waals surface area contributed by atoms with Gasteiger partial charge in [-0.2, -0.15) is 0 Å². The summed E-state index contributed by atoms with van der Waals surface area (Å²) in [5.74, 6) is 3.40. The number of para-hydroxylation sites is 1. The van der Waals surface area contributed by atoms with E-state index in [1.165, 1.54) is 61.6 Å². The fraction of sp³-hybridized carbons (Fsp3) is 0.606. The average molecular weight is 499 g/mol. The summed E-state index contributed by atoms with van der Waals surface area (Å²) in [4.78, 5) is 17.0. The van der Waals surface area contributed by atoms with Crippen LogP contribution in [0.4, 0.5) is 0 Å². The lowest BCUT2D eigenvalue weighted by Crippen LogP contribution is -2.55. The number of carbonyl (C=O) groups is 1. The highest BCUT2D eigenvalue weighted by Gasteiger charge is 2.53. The maximum Gasteiger partial charge on any atom is 0.228 e. The van der Waals surface area contributed by atoms with Gasteiger partial charge in [0.05, 0.1) is 12.5 Å². The maximum absolute atomic E-state index is 14.7. The zero-order valence-electron chi connectivity index (χ0n) is 22.2. The van der Waals surface area contributed by atoms with Crippen LogP contribution < -0.4 is 10.1 Å². The predicted molar refractivity (Wildman–Crippen MR) is 147 cm³/mol. The van der Waals surface area contributed by atoms with Gasteiger partial charge in [-0.15, -0.1) is 0 Å². The summed E-state index contributed by atoms with van der Waals surface area (Å²) in [7, 11) is 0. The molecule has 1 spiro atoms. The maximum atomic E-state index is 14.7. The first kappa shape index (κ1) is 23.8. The molecule has 4 heteroatoms. The lowest BCUT2D eigenvalue weighted by atomic mass is 9.67. The van der Waals surface area contributed by atoms with Crippen LogP contribution >= 0.6 is 0 Å². The topological polar surface area (TPSA) is 41.6 Å². The molecule has 0 bridgehead atoms. The van der Waals surface area contributed by atoms with E-state index in [1.807, 2.05) is 0 Å². The second-order valence-electron chi connectivity index (χ2n) is 12.6. The lowest BCUT2D eigenvalue weighted by Gasteiger charge is -2.48. The van der Waals surface area contributed by atoms with Crippen LogP contribution in [0.3, 0.4) is 0 Å². The van der Waals surface area contributed by atoms with E-state index in [1.54, 1.807) is 0 Å². The Morgan fingerprint density at radius 1 is 0.919 bits per heavy atom. The minimum atomic E-state index is -0.136. The third-order valence-corrected chi connectivity index (χ3v) is 10.5. The minimum absolute atomic E-state index is 0.00367. The number of hydrogen-bond acceptors (Lipinski definition) is 3. The van der Waals surface area contributed by atoms with Gasteiger partial charge >= 0.3 is 0 Å². The van der Waals surface area contributed by atoms with Gasteiger partial charge < -0.3 is 15.0 Å². The number of nitrogens with zero attached hydrogens (tertiary/aromatic N) is 1. The number of rotatable bonds is 4. The summed E-state index contributed by atoms with van der Waals surface area (Å²) in [6.45, 7) is 3.31. The van der Waals surface area contributed by atoms with Crippen molar-refractivity contribution in [2.75, 3.05) is 26.2 Å². The van der Waals surface area contributed by atoms with E-state index in [9.17, 15) is 4.79 Å². The molecule has 4 fully saturated rings. The summed E-state index contributed by atoms with van der Waals surface area (Å²) >= 11 is 0. The molecule has 1 amide bonds. The predicted octanol–water partition coefficient (Wildman–Crippen LogP) is 6.16. The molecule has 0 unspecified atom stereocenters. The van der Waals surface area contributed by atoms with Crippen molar-refractivity contribution in [2.24, 2.45) is 11.8 Å². The zero-order valence-corrected chi connectivity index (χ0v) is 22.2. The van der Waals surface area contributed by atoms with E-state index >= 15 is 0 Å². The third-order valence-electron chi connectivity index (χ3n) is 10.5. The SMILES string of the molecule is O=C([C@@H]1CNC[C@]12CCOc1c(C3CC3)cccc12)N1CC[C@@H](c2ccccc2)C[C@H]1C1CCCCC1. The van der Waals surface area contributed by atoms with Crippen LogP contribution in [-0.4, -0.2) is 43.1 Å². The summed E-state index contributed by atoms with van der Waals surface area (Å²) in [6, 6.07) is 18.2. The summed E-state index contributed by atoms with van der Waals surface area (Å²) in [5.41, 5.74) is 4.02. The standard InChI is InChI=1S/C33H42N2O2/c36-32(29-21-34-22-33(29)17-19-37-31-27(24-14-15-24)12-7-13-28(31)33)35-18-16-26(23-8-3-1-4-9-23)20-30(35)25-10-5-2-6-11-25/h1,3-4,7-9,12-13,24-26,29-30,34H,2,5-6,10-11,14-22H2/t26-,29+,30+,33+/m1/s1. The first-order valence-corrected chi connectivity index (χ1v) is 15.1. The third kappa shape index (κ3) is 4.20. The van der Waals surface area contributed by atoms with Gasteiger partial charge in [-0.3, -0.25) is 4.79 Å². The fourth-order valence-electron chi connectivity index (χ4n) is 8.39. The quantitative estimate of drug-likeness (QED) is 0.549. The number of likely N-dealkylation sites (tertiary alicyclic amines) is 1. The number of hydrogen-bond donors (Lipinski definition) is 1. The highest BCUT2D eigenvalue weighted by Crippen LogP contribution is 2.53. The molecule has 2 saturated carbocycles. The van der Waals surface area contributed by atoms with Crippen LogP contribution in [0.15, 0.2) is 48.5 Å².